The molecule has 0 saturated heterocycles. The molecule has 0 aliphatic heterocycles. The van der Waals surface area contributed by atoms with Crippen LogP contribution in [0.25, 0.3) is 0 Å². The Labute approximate surface area is 142 Å². The lowest BCUT2D eigenvalue weighted by Crippen LogP contribution is -2.41. The summed E-state index contributed by atoms with van der Waals surface area (Å²) in [5.41, 5.74) is 0.646. The largest absolute Gasteiger partial charge is 0.197 e. The molecule has 5 rings (SSSR count). The maximum atomic E-state index is 10.3. The lowest BCUT2D eigenvalue weighted by molar-refractivity contribution is 0.0458. The molecule has 1 aromatic rings. The number of rotatable bonds is 0. The normalized spacial score (nSPS) is 46.8. The second kappa shape index (κ2) is 3.38. The molecule has 3 nitrogen and oxygen atoms in total. The number of fused-ring (bicyclic) bond motifs is 3. The molecule has 0 heterocycles. The summed E-state index contributed by atoms with van der Waals surface area (Å²) in [6.07, 6.45) is 1.14. The van der Waals surface area contributed by atoms with Crippen molar-refractivity contribution < 1.29 is 0 Å². The summed E-state index contributed by atoms with van der Waals surface area (Å²) < 4.78 is 0. The third-order valence-corrected chi connectivity index (χ3v) is 8.70. The van der Waals surface area contributed by atoms with E-state index in [1.807, 2.05) is 6.07 Å². The Bertz CT molecular complexity index is 925. The van der Waals surface area contributed by atoms with Crippen LogP contribution in [0, 0.1) is 61.6 Å². The van der Waals surface area contributed by atoms with Crippen molar-refractivity contribution in [2.75, 3.05) is 0 Å². The molecule has 5 unspecified atom stereocenters. The molecule has 3 saturated carbocycles. The molecule has 3 fully saturated rings. The first-order valence-electron chi connectivity index (χ1n) is 8.65. The Morgan fingerprint density at radius 1 is 0.958 bits per heavy atom. The van der Waals surface area contributed by atoms with Crippen molar-refractivity contribution in [3.05, 3.63) is 35.4 Å². The first-order chi connectivity index (χ1) is 11.3. The van der Waals surface area contributed by atoms with Crippen LogP contribution in [0.2, 0.25) is 0 Å². The van der Waals surface area contributed by atoms with Crippen LogP contribution in [0.1, 0.15) is 50.7 Å². The van der Waals surface area contributed by atoms with Crippen LogP contribution in [0.15, 0.2) is 24.3 Å². The van der Waals surface area contributed by atoms with Gasteiger partial charge in [0.2, 0.25) is 0 Å². The fraction of sp³-hybridized carbons (Fsp3) is 0.571. The van der Waals surface area contributed by atoms with Gasteiger partial charge in [-0.15, -0.1) is 0 Å². The molecule has 0 amide bonds. The van der Waals surface area contributed by atoms with E-state index >= 15 is 0 Å². The van der Waals surface area contributed by atoms with Crippen molar-refractivity contribution in [3.8, 4) is 18.2 Å². The molecule has 0 radical (unpaired) electrons. The molecule has 24 heavy (non-hydrogen) atoms. The summed E-state index contributed by atoms with van der Waals surface area (Å²) in [4.78, 5) is 0. The number of nitriles is 3. The zero-order valence-corrected chi connectivity index (χ0v) is 14.2. The number of nitrogens with zero attached hydrogens (tertiary/aromatic N) is 3. The van der Waals surface area contributed by atoms with Crippen LogP contribution < -0.4 is 0 Å². The van der Waals surface area contributed by atoms with Gasteiger partial charge in [0.25, 0.3) is 0 Å². The maximum absolute atomic E-state index is 10.3. The Morgan fingerprint density at radius 2 is 1.62 bits per heavy atom. The first kappa shape index (κ1) is 14.1. The van der Waals surface area contributed by atoms with Gasteiger partial charge in [-0.05, 0) is 46.6 Å². The number of benzene rings is 1. The van der Waals surface area contributed by atoms with Crippen LogP contribution in [0.3, 0.4) is 0 Å². The standard InChI is InChI=1S/C21H19N3/c1-17(2)15-13-6-4-5-7-14(13)20(12-24)16(15)21(20)9-19(10-22,11-23)8-18(17,21)3/h4-7,15-16H,8-9H2,1-3H3. The Hall–Kier alpha value is -2.31. The van der Waals surface area contributed by atoms with Gasteiger partial charge < -0.3 is 0 Å². The summed E-state index contributed by atoms with van der Waals surface area (Å²) in [6, 6.07) is 15.7. The summed E-state index contributed by atoms with van der Waals surface area (Å²) in [6.45, 7) is 6.84. The van der Waals surface area contributed by atoms with Crippen molar-refractivity contribution in [3.63, 3.8) is 0 Å². The van der Waals surface area contributed by atoms with Crippen LogP contribution in [-0.4, -0.2) is 0 Å². The van der Waals surface area contributed by atoms with E-state index in [0.29, 0.717) is 18.8 Å². The molecular weight excluding hydrogens is 294 g/mol. The highest BCUT2D eigenvalue weighted by molar-refractivity contribution is 5.67. The summed E-state index contributed by atoms with van der Waals surface area (Å²) in [7, 11) is 0. The topological polar surface area (TPSA) is 71.4 Å². The lowest BCUT2D eigenvalue weighted by Gasteiger charge is -2.45. The third kappa shape index (κ3) is 0.915. The average Bonchev–Trinajstić information content (AvgIpc) is 2.82. The minimum absolute atomic E-state index is 0.0277. The molecule has 1 spiro atoms. The fourth-order valence-corrected chi connectivity index (χ4v) is 7.70. The summed E-state index contributed by atoms with van der Waals surface area (Å²) in [5.74, 6) is 0.615. The van der Waals surface area contributed by atoms with Gasteiger partial charge >= 0.3 is 0 Å². The average molecular weight is 313 g/mol. The Morgan fingerprint density at radius 3 is 2.25 bits per heavy atom. The van der Waals surface area contributed by atoms with Crippen LogP contribution in [-0.2, 0) is 5.41 Å². The van der Waals surface area contributed by atoms with Gasteiger partial charge in [0.1, 0.15) is 5.41 Å². The lowest BCUT2D eigenvalue weighted by atomic mass is 9.57. The summed E-state index contributed by atoms with van der Waals surface area (Å²) >= 11 is 0. The second-order valence-electron chi connectivity index (χ2n) is 9.15. The van der Waals surface area contributed by atoms with E-state index in [2.05, 4.69) is 57.2 Å². The van der Waals surface area contributed by atoms with E-state index in [1.165, 1.54) is 11.1 Å². The summed E-state index contributed by atoms with van der Waals surface area (Å²) in [5, 5.41) is 29.8. The van der Waals surface area contributed by atoms with Crippen molar-refractivity contribution in [2.24, 2.45) is 27.6 Å². The molecule has 4 aliphatic rings. The predicted molar refractivity (Wildman–Crippen MR) is 87.2 cm³/mol. The monoisotopic (exact) mass is 313 g/mol. The molecular formula is C21H19N3. The smallest absolute Gasteiger partial charge is 0.145 e. The van der Waals surface area contributed by atoms with Gasteiger partial charge in [-0.3, -0.25) is 0 Å². The Kier molecular flexibility index (Phi) is 1.98. The van der Waals surface area contributed by atoms with Gasteiger partial charge in [0.05, 0.1) is 23.6 Å². The van der Waals surface area contributed by atoms with E-state index < -0.39 is 10.8 Å². The molecule has 3 heteroatoms. The van der Waals surface area contributed by atoms with E-state index in [-0.39, 0.29) is 22.2 Å². The quantitative estimate of drug-likeness (QED) is 0.725. The van der Waals surface area contributed by atoms with Crippen LogP contribution in [0.4, 0.5) is 0 Å². The van der Waals surface area contributed by atoms with Crippen molar-refractivity contribution in [1.82, 2.24) is 0 Å². The molecule has 4 aliphatic carbocycles. The van der Waals surface area contributed by atoms with Gasteiger partial charge in [-0.1, -0.05) is 45.0 Å². The molecule has 1 aromatic carbocycles. The van der Waals surface area contributed by atoms with Crippen molar-refractivity contribution in [2.45, 2.75) is 44.9 Å². The zero-order chi connectivity index (χ0) is 17.2. The number of hydrogen-bond donors (Lipinski definition) is 0. The minimum atomic E-state index is -0.944. The van der Waals surface area contributed by atoms with Gasteiger partial charge in [-0.2, -0.15) is 15.8 Å². The second-order valence-corrected chi connectivity index (χ2v) is 9.15. The predicted octanol–water partition coefficient (Wildman–Crippen LogP) is 4.03. The van der Waals surface area contributed by atoms with Crippen LogP contribution >= 0.6 is 0 Å². The molecule has 5 atom stereocenters. The highest BCUT2D eigenvalue weighted by atomic mass is 15.0. The SMILES string of the molecule is CC1(C)C2c3ccccc3C3(C#N)C2C32CC(C#N)(C#N)CC12C. The minimum Gasteiger partial charge on any atom is -0.197 e. The first-order valence-corrected chi connectivity index (χ1v) is 8.65. The van der Waals surface area contributed by atoms with Crippen molar-refractivity contribution in [1.29, 1.82) is 15.8 Å². The van der Waals surface area contributed by atoms with E-state index in [1.54, 1.807) is 0 Å². The van der Waals surface area contributed by atoms with Gasteiger partial charge in [0, 0.05) is 5.41 Å². The maximum Gasteiger partial charge on any atom is 0.145 e. The highest BCUT2D eigenvalue weighted by Gasteiger charge is 2.97. The third-order valence-electron chi connectivity index (χ3n) is 8.70. The van der Waals surface area contributed by atoms with Crippen molar-refractivity contribution >= 4 is 0 Å². The van der Waals surface area contributed by atoms with E-state index in [9.17, 15) is 15.8 Å². The molecule has 0 aromatic heterocycles. The molecule has 0 bridgehead atoms. The molecule has 0 N–H and O–H groups in total. The van der Waals surface area contributed by atoms with Gasteiger partial charge in [0.15, 0.2) is 0 Å². The highest BCUT2D eigenvalue weighted by Crippen LogP contribution is 2.98. The zero-order valence-electron chi connectivity index (χ0n) is 14.2. The Balaban J connectivity index is 1.86. The van der Waals surface area contributed by atoms with E-state index in [4.69, 9.17) is 0 Å². The van der Waals surface area contributed by atoms with E-state index in [0.717, 1.165) is 0 Å². The number of hydrogen-bond acceptors (Lipinski definition) is 3. The van der Waals surface area contributed by atoms with Crippen LogP contribution in [0.5, 0.6) is 0 Å². The molecule has 118 valence electrons. The fourth-order valence-electron chi connectivity index (χ4n) is 7.70. The van der Waals surface area contributed by atoms with Gasteiger partial charge in [-0.25, -0.2) is 0 Å².